The van der Waals surface area contributed by atoms with Crippen LogP contribution in [-0.4, -0.2) is 39.2 Å². The van der Waals surface area contributed by atoms with Crippen molar-refractivity contribution in [3.8, 4) is 17.6 Å². The van der Waals surface area contributed by atoms with Gasteiger partial charge in [0.25, 0.3) is 5.56 Å². The van der Waals surface area contributed by atoms with Gasteiger partial charge in [0, 0.05) is 19.6 Å². The number of halogens is 2. The molecule has 0 atom stereocenters. The molecule has 8 nitrogen and oxygen atoms in total. The van der Waals surface area contributed by atoms with Crippen LogP contribution in [0.1, 0.15) is 39.2 Å². The Kier molecular flexibility index (Phi) is 6.93. The zero-order chi connectivity index (χ0) is 26.0. The molecule has 36 heavy (non-hydrogen) atoms. The van der Waals surface area contributed by atoms with Crippen LogP contribution in [-0.2, 0) is 11.3 Å². The number of piperidine rings is 1. The van der Waals surface area contributed by atoms with Gasteiger partial charge in [-0.1, -0.05) is 0 Å². The lowest BCUT2D eigenvalue weighted by molar-refractivity contribution is 0.0178. The minimum Gasteiger partial charge on any atom is -0.453 e. The Balaban J connectivity index is 1.51. The molecular weight excluding hydrogens is 470 g/mol. The molecule has 2 aromatic carbocycles. The summed E-state index contributed by atoms with van der Waals surface area (Å²) in [5.74, 6) is -2.10. The van der Waals surface area contributed by atoms with E-state index >= 15 is 0 Å². The summed E-state index contributed by atoms with van der Waals surface area (Å²) in [4.78, 5) is 31.5. The number of hydrogen-bond acceptors (Lipinski definition) is 6. The first kappa shape index (κ1) is 25.1. The van der Waals surface area contributed by atoms with Crippen LogP contribution in [0, 0.1) is 28.9 Å². The monoisotopic (exact) mass is 496 g/mol. The van der Waals surface area contributed by atoms with Crippen molar-refractivity contribution in [2.45, 2.75) is 45.8 Å². The Morgan fingerprint density at radius 3 is 2.53 bits per heavy atom. The molecular formula is C26H26F2N4O4. The van der Waals surface area contributed by atoms with Crippen molar-refractivity contribution in [1.82, 2.24) is 14.5 Å². The maximum Gasteiger partial charge on any atom is 0.410 e. The predicted molar refractivity (Wildman–Crippen MR) is 128 cm³/mol. The number of fused-ring (bicyclic) bond motifs is 1. The lowest BCUT2D eigenvalue weighted by atomic mass is 9.97. The maximum atomic E-state index is 14.2. The van der Waals surface area contributed by atoms with E-state index in [4.69, 9.17) is 9.47 Å². The second kappa shape index (κ2) is 9.93. The van der Waals surface area contributed by atoms with Crippen molar-refractivity contribution in [2.24, 2.45) is 5.92 Å². The Bertz CT molecular complexity index is 1400. The number of likely N-dealkylation sites (tertiary alicyclic amines) is 1. The lowest BCUT2D eigenvalue weighted by Crippen LogP contribution is -2.42. The lowest BCUT2D eigenvalue weighted by Gasteiger charge is -2.33. The summed E-state index contributed by atoms with van der Waals surface area (Å²) in [6.07, 6.45) is 2.56. The molecule has 1 aliphatic heterocycles. The van der Waals surface area contributed by atoms with E-state index in [-0.39, 0.29) is 28.7 Å². The molecule has 1 aliphatic rings. The van der Waals surface area contributed by atoms with E-state index in [1.807, 2.05) is 20.8 Å². The topological polar surface area (TPSA) is 97.4 Å². The molecule has 0 N–H and O–H groups in total. The first-order chi connectivity index (χ1) is 17.1. The van der Waals surface area contributed by atoms with E-state index in [9.17, 15) is 23.6 Å². The zero-order valence-electron chi connectivity index (χ0n) is 20.3. The molecule has 4 rings (SSSR count). The van der Waals surface area contributed by atoms with Crippen LogP contribution in [0.2, 0.25) is 0 Å². The summed E-state index contributed by atoms with van der Waals surface area (Å²) in [6.45, 7) is 6.96. The molecule has 2 heterocycles. The number of amides is 1. The van der Waals surface area contributed by atoms with Crippen LogP contribution in [0.4, 0.5) is 13.6 Å². The third kappa shape index (κ3) is 5.46. The van der Waals surface area contributed by atoms with Crippen LogP contribution in [0.25, 0.3) is 10.9 Å². The second-order valence-corrected chi connectivity index (χ2v) is 9.74. The number of aromatic nitrogens is 2. The minimum atomic E-state index is -0.906. The molecule has 0 saturated carbocycles. The standard InChI is InChI=1S/C26H26F2N4O4/c1-26(2,3)36-25(34)31-10-8-16(9-11-31)14-32-15-30-22-7-4-17(12-18(22)24(32)33)35-23-19(13-29)20(27)5-6-21(23)28/h4-7,12,15-16H,8-11,14H2,1-3H3. The third-order valence-electron chi connectivity index (χ3n) is 5.91. The average molecular weight is 497 g/mol. The molecule has 1 saturated heterocycles. The van der Waals surface area contributed by atoms with E-state index in [0.29, 0.717) is 38.0 Å². The van der Waals surface area contributed by atoms with Gasteiger partial charge < -0.3 is 14.4 Å². The molecule has 10 heteroatoms. The van der Waals surface area contributed by atoms with Crippen LogP contribution in [0.3, 0.4) is 0 Å². The summed E-state index contributed by atoms with van der Waals surface area (Å²) in [6, 6.07) is 7.73. The summed E-state index contributed by atoms with van der Waals surface area (Å²) < 4.78 is 40.5. The Morgan fingerprint density at radius 2 is 1.86 bits per heavy atom. The van der Waals surface area contributed by atoms with E-state index in [0.717, 1.165) is 12.1 Å². The molecule has 0 bridgehead atoms. The van der Waals surface area contributed by atoms with Crippen molar-refractivity contribution >= 4 is 17.0 Å². The smallest absolute Gasteiger partial charge is 0.410 e. The van der Waals surface area contributed by atoms with Crippen molar-refractivity contribution < 1.29 is 23.0 Å². The number of ether oxygens (including phenoxy) is 2. The molecule has 3 aromatic rings. The number of carbonyl (C=O) groups is 1. The van der Waals surface area contributed by atoms with Gasteiger partial charge in [0.2, 0.25) is 0 Å². The van der Waals surface area contributed by atoms with Gasteiger partial charge in [0.15, 0.2) is 11.6 Å². The van der Waals surface area contributed by atoms with Crippen LogP contribution < -0.4 is 10.3 Å². The minimum absolute atomic E-state index is 0.0748. The van der Waals surface area contributed by atoms with Crippen molar-refractivity contribution in [1.29, 1.82) is 5.26 Å². The summed E-state index contributed by atoms with van der Waals surface area (Å²) in [5, 5.41) is 9.42. The van der Waals surface area contributed by atoms with E-state index < -0.39 is 28.5 Å². The fourth-order valence-corrected chi connectivity index (χ4v) is 4.09. The Morgan fingerprint density at radius 1 is 1.17 bits per heavy atom. The van der Waals surface area contributed by atoms with Gasteiger partial charge in [-0.25, -0.2) is 18.6 Å². The fraction of sp³-hybridized carbons (Fsp3) is 0.385. The Labute approximate surface area is 206 Å². The maximum absolute atomic E-state index is 14.2. The van der Waals surface area contributed by atoms with Gasteiger partial charge in [0.05, 0.1) is 17.2 Å². The highest BCUT2D eigenvalue weighted by molar-refractivity contribution is 5.79. The molecule has 1 fully saturated rings. The van der Waals surface area contributed by atoms with Gasteiger partial charge in [-0.3, -0.25) is 9.36 Å². The number of nitriles is 1. The molecule has 0 aliphatic carbocycles. The number of benzene rings is 2. The van der Waals surface area contributed by atoms with Crippen LogP contribution in [0.15, 0.2) is 41.5 Å². The average Bonchev–Trinajstić information content (AvgIpc) is 2.83. The molecule has 0 spiro atoms. The van der Waals surface area contributed by atoms with Crippen molar-refractivity contribution in [3.05, 3.63) is 64.2 Å². The van der Waals surface area contributed by atoms with E-state index in [2.05, 4.69) is 4.98 Å². The summed E-state index contributed by atoms with van der Waals surface area (Å²) in [5.41, 5.74) is -1.00. The quantitative estimate of drug-likeness (QED) is 0.505. The molecule has 188 valence electrons. The predicted octanol–water partition coefficient (Wildman–Crippen LogP) is 4.99. The number of rotatable bonds is 4. The van der Waals surface area contributed by atoms with Gasteiger partial charge in [-0.15, -0.1) is 0 Å². The van der Waals surface area contributed by atoms with E-state index in [1.165, 1.54) is 23.0 Å². The van der Waals surface area contributed by atoms with Crippen molar-refractivity contribution in [2.75, 3.05) is 13.1 Å². The van der Waals surface area contributed by atoms with Crippen molar-refractivity contribution in [3.63, 3.8) is 0 Å². The third-order valence-corrected chi connectivity index (χ3v) is 5.91. The molecule has 0 unspecified atom stereocenters. The van der Waals surface area contributed by atoms with Crippen LogP contribution in [0.5, 0.6) is 11.5 Å². The zero-order valence-corrected chi connectivity index (χ0v) is 20.3. The van der Waals surface area contributed by atoms with Crippen LogP contribution >= 0.6 is 0 Å². The highest BCUT2D eigenvalue weighted by Gasteiger charge is 2.27. The molecule has 1 amide bonds. The van der Waals surface area contributed by atoms with E-state index in [1.54, 1.807) is 17.0 Å². The number of carbonyl (C=O) groups excluding carboxylic acids is 1. The molecule has 0 radical (unpaired) electrons. The van der Waals surface area contributed by atoms with Gasteiger partial charge >= 0.3 is 6.09 Å². The SMILES string of the molecule is CC(C)(C)OC(=O)N1CCC(Cn2cnc3ccc(Oc4c(F)ccc(F)c4C#N)cc3c2=O)CC1. The highest BCUT2D eigenvalue weighted by Crippen LogP contribution is 2.31. The second-order valence-electron chi connectivity index (χ2n) is 9.74. The normalized spacial score (nSPS) is 14.5. The first-order valence-electron chi connectivity index (χ1n) is 11.6. The largest absolute Gasteiger partial charge is 0.453 e. The highest BCUT2D eigenvalue weighted by atomic mass is 19.1. The number of hydrogen-bond donors (Lipinski definition) is 0. The van der Waals surface area contributed by atoms with Gasteiger partial charge in [-0.2, -0.15) is 5.26 Å². The first-order valence-corrected chi connectivity index (χ1v) is 11.6. The molecule has 1 aromatic heterocycles. The van der Waals surface area contributed by atoms with Gasteiger partial charge in [0.1, 0.15) is 28.8 Å². The van der Waals surface area contributed by atoms with Gasteiger partial charge in [-0.05, 0) is 69.9 Å². The fourth-order valence-electron chi connectivity index (χ4n) is 4.09. The Hall–Kier alpha value is -4.00. The summed E-state index contributed by atoms with van der Waals surface area (Å²) in [7, 11) is 0. The number of nitrogens with zero attached hydrogens (tertiary/aromatic N) is 4. The summed E-state index contributed by atoms with van der Waals surface area (Å²) >= 11 is 0.